The van der Waals surface area contributed by atoms with E-state index >= 15 is 0 Å². The molecule has 0 aliphatic rings. The number of likely N-dealkylation sites (N-methyl/N-ethyl adjacent to an activating group) is 1. The van der Waals surface area contributed by atoms with Crippen molar-refractivity contribution in [1.82, 2.24) is 15.0 Å². The second-order valence-electron chi connectivity index (χ2n) is 5.90. The number of aliphatic hydroxyl groups is 1. The van der Waals surface area contributed by atoms with Crippen molar-refractivity contribution >= 4 is 17.2 Å². The maximum atomic E-state index is 12.0. The van der Waals surface area contributed by atoms with E-state index in [2.05, 4.69) is 10.1 Å². The van der Waals surface area contributed by atoms with Gasteiger partial charge >= 0.3 is 0 Å². The van der Waals surface area contributed by atoms with Crippen LogP contribution in [-0.2, 0) is 11.2 Å². The minimum Gasteiger partial charge on any atom is -0.389 e. The molecule has 120 valence electrons. The number of aryl methyl sites for hydroxylation is 1. The Morgan fingerprint density at radius 1 is 1.50 bits per heavy atom. The van der Waals surface area contributed by atoms with E-state index in [4.69, 9.17) is 4.52 Å². The molecule has 2 heterocycles. The highest BCUT2D eigenvalue weighted by molar-refractivity contribution is 7.13. The predicted octanol–water partition coefficient (Wildman–Crippen LogP) is 2.35. The molecule has 1 amide bonds. The largest absolute Gasteiger partial charge is 0.389 e. The lowest BCUT2D eigenvalue weighted by atomic mass is 10.1. The van der Waals surface area contributed by atoms with E-state index in [9.17, 15) is 9.90 Å². The highest BCUT2D eigenvalue weighted by Crippen LogP contribution is 2.21. The molecule has 7 heteroatoms. The van der Waals surface area contributed by atoms with Gasteiger partial charge in [0.2, 0.25) is 17.6 Å². The zero-order chi connectivity index (χ0) is 16.2. The number of carbonyl (C=O) groups is 1. The molecular formula is C15H21N3O3S. The number of aromatic nitrogens is 2. The quantitative estimate of drug-likeness (QED) is 0.846. The summed E-state index contributed by atoms with van der Waals surface area (Å²) in [6.45, 7) is 3.68. The molecule has 0 aliphatic heterocycles. The first-order valence-electron chi connectivity index (χ1n) is 7.18. The number of carbonyl (C=O) groups excluding carboxylic acids is 1. The molecule has 1 N–H and O–H groups in total. The average Bonchev–Trinajstić information content (AvgIpc) is 3.07. The van der Waals surface area contributed by atoms with Crippen LogP contribution in [0.25, 0.3) is 10.7 Å². The molecule has 0 bridgehead atoms. The summed E-state index contributed by atoms with van der Waals surface area (Å²) in [7, 11) is 1.70. The van der Waals surface area contributed by atoms with E-state index in [0.29, 0.717) is 37.5 Å². The molecule has 0 unspecified atom stereocenters. The molecule has 0 fully saturated rings. The van der Waals surface area contributed by atoms with Crippen LogP contribution in [0.4, 0.5) is 0 Å². The molecule has 0 spiro atoms. The van der Waals surface area contributed by atoms with Gasteiger partial charge < -0.3 is 14.5 Å². The first-order chi connectivity index (χ1) is 10.3. The summed E-state index contributed by atoms with van der Waals surface area (Å²) in [6.07, 6.45) is 1.60. The summed E-state index contributed by atoms with van der Waals surface area (Å²) in [6, 6.07) is 3.88. The van der Waals surface area contributed by atoms with Crippen LogP contribution in [0.2, 0.25) is 0 Å². The molecule has 0 aromatic carbocycles. The van der Waals surface area contributed by atoms with Gasteiger partial charge in [-0.05, 0) is 31.7 Å². The summed E-state index contributed by atoms with van der Waals surface area (Å²) < 4.78 is 5.19. The second kappa shape index (κ2) is 7.02. The maximum absolute atomic E-state index is 12.0. The van der Waals surface area contributed by atoms with E-state index in [1.165, 1.54) is 0 Å². The van der Waals surface area contributed by atoms with Crippen LogP contribution in [0, 0.1) is 0 Å². The van der Waals surface area contributed by atoms with Gasteiger partial charge in [0.15, 0.2) is 0 Å². The second-order valence-corrected chi connectivity index (χ2v) is 6.85. The van der Waals surface area contributed by atoms with Gasteiger partial charge in [0, 0.05) is 26.4 Å². The Morgan fingerprint density at radius 3 is 2.91 bits per heavy atom. The molecule has 2 aromatic heterocycles. The standard InChI is InChI=1S/C15H21N3O3S/c1-15(2,20)10-18(3)13(19)8-4-7-12-16-14(17-21-12)11-6-5-9-22-11/h5-6,9,20H,4,7-8,10H2,1-3H3. The van der Waals surface area contributed by atoms with Crippen LogP contribution in [0.3, 0.4) is 0 Å². The van der Waals surface area contributed by atoms with E-state index < -0.39 is 5.60 Å². The van der Waals surface area contributed by atoms with Gasteiger partial charge in [-0.1, -0.05) is 11.2 Å². The Balaban J connectivity index is 1.78. The maximum Gasteiger partial charge on any atom is 0.226 e. The lowest BCUT2D eigenvalue weighted by Gasteiger charge is -2.25. The van der Waals surface area contributed by atoms with Gasteiger partial charge in [-0.2, -0.15) is 4.98 Å². The van der Waals surface area contributed by atoms with Crippen molar-refractivity contribution in [2.24, 2.45) is 0 Å². The smallest absolute Gasteiger partial charge is 0.226 e. The van der Waals surface area contributed by atoms with Crippen LogP contribution in [0.5, 0.6) is 0 Å². The van der Waals surface area contributed by atoms with Gasteiger partial charge in [-0.3, -0.25) is 4.79 Å². The van der Waals surface area contributed by atoms with Crippen molar-refractivity contribution in [3.05, 3.63) is 23.4 Å². The van der Waals surface area contributed by atoms with Crippen LogP contribution < -0.4 is 0 Å². The minimum atomic E-state index is -0.882. The van der Waals surface area contributed by atoms with Crippen molar-refractivity contribution < 1.29 is 14.4 Å². The minimum absolute atomic E-state index is 0.000112. The number of nitrogens with zero attached hydrogens (tertiary/aromatic N) is 3. The van der Waals surface area contributed by atoms with E-state index in [-0.39, 0.29) is 5.91 Å². The van der Waals surface area contributed by atoms with Crippen molar-refractivity contribution in [2.45, 2.75) is 38.7 Å². The molecule has 0 saturated heterocycles. The van der Waals surface area contributed by atoms with Crippen molar-refractivity contribution in [1.29, 1.82) is 0 Å². The zero-order valence-electron chi connectivity index (χ0n) is 13.1. The number of hydrogen-bond donors (Lipinski definition) is 1. The van der Waals surface area contributed by atoms with Gasteiger partial charge in [0.05, 0.1) is 10.5 Å². The van der Waals surface area contributed by atoms with Crippen LogP contribution in [0.1, 0.15) is 32.6 Å². The molecule has 2 rings (SSSR count). The van der Waals surface area contributed by atoms with E-state index in [1.54, 1.807) is 37.1 Å². The molecule has 2 aromatic rings. The number of thiophene rings is 1. The highest BCUT2D eigenvalue weighted by Gasteiger charge is 2.19. The first-order valence-corrected chi connectivity index (χ1v) is 8.06. The Labute approximate surface area is 133 Å². The van der Waals surface area contributed by atoms with Gasteiger partial charge in [0.25, 0.3) is 0 Å². The highest BCUT2D eigenvalue weighted by atomic mass is 32.1. The third-order valence-electron chi connectivity index (χ3n) is 3.04. The molecule has 6 nitrogen and oxygen atoms in total. The van der Waals surface area contributed by atoms with Gasteiger partial charge in [-0.15, -0.1) is 11.3 Å². The first kappa shape index (κ1) is 16.6. The molecule has 0 atom stereocenters. The van der Waals surface area contributed by atoms with Crippen molar-refractivity contribution in [3.8, 4) is 10.7 Å². The van der Waals surface area contributed by atoms with Crippen LogP contribution >= 0.6 is 11.3 Å². The third kappa shape index (κ3) is 4.92. The summed E-state index contributed by atoms with van der Waals surface area (Å²) >= 11 is 1.56. The Kier molecular flexibility index (Phi) is 5.31. The van der Waals surface area contributed by atoms with Crippen molar-refractivity contribution in [2.75, 3.05) is 13.6 Å². The molecule has 0 radical (unpaired) electrons. The van der Waals surface area contributed by atoms with E-state index in [1.807, 2.05) is 17.5 Å². The van der Waals surface area contributed by atoms with E-state index in [0.717, 1.165) is 4.88 Å². The fourth-order valence-corrected chi connectivity index (χ4v) is 2.76. The summed E-state index contributed by atoms with van der Waals surface area (Å²) in [5.74, 6) is 1.14. The molecule has 0 aliphatic carbocycles. The van der Waals surface area contributed by atoms with Crippen LogP contribution in [-0.4, -0.2) is 45.2 Å². The SMILES string of the molecule is CN(CC(C)(C)O)C(=O)CCCc1nc(-c2cccs2)no1. The fourth-order valence-electron chi connectivity index (χ4n) is 2.11. The normalized spacial score (nSPS) is 11.6. The molecular weight excluding hydrogens is 302 g/mol. The zero-order valence-corrected chi connectivity index (χ0v) is 13.9. The monoisotopic (exact) mass is 323 g/mol. The van der Waals surface area contributed by atoms with Gasteiger partial charge in [-0.25, -0.2) is 0 Å². The average molecular weight is 323 g/mol. The Morgan fingerprint density at radius 2 is 2.27 bits per heavy atom. The number of hydrogen-bond acceptors (Lipinski definition) is 6. The molecule has 0 saturated carbocycles. The lowest BCUT2D eigenvalue weighted by molar-refractivity contribution is -0.132. The number of rotatable bonds is 7. The summed E-state index contributed by atoms with van der Waals surface area (Å²) in [4.78, 5) is 18.8. The topological polar surface area (TPSA) is 79.5 Å². The predicted molar refractivity (Wildman–Crippen MR) is 84.5 cm³/mol. The Bertz CT molecular complexity index is 602. The third-order valence-corrected chi connectivity index (χ3v) is 3.91. The molecule has 22 heavy (non-hydrogen) atoms. The van der Waals surface area contributed by atoms with Crippen LogP contribution in [0.15, 0.2) is 22.0 Å². The Hall–Kier alpha value is -1.73. The number of amides is 1. The van der Waals surface area contributed by atoms with Crippen molar-refractivity contribution in [3.63, 3.8) is 0 Å². The lowest BCUT2D eigenvalue weighted by Crippen LogP contribution is -2.39. The summed E-state index contributed by atoms with van der Waals surface area (Å²) in [5, 5.41) is 15.6. The van der Waals surface area contributed by atoms with Gasteiger partial charge in [0.1, 0.15) is 0 Å². The summed E-state index contributed by atoms with van der Waals surface area (Å²) in [5.41, 5.74) is -0.882. The fraction of sp³-hybridized carbons (Fsp3) is 0.533.